The van der Waals surface area contributed by atoms with Crippen molar-refractivity contribution in [1.29, 1.82) is 0 Å². The number of carbonyl (C=O) groups is 1. The molecule has 0 unspecified atom stereocenters. The molecule has 6 nitrogen and oxygen atoms in total. The number of hydrogen-bond donors (Lipinski definition) is 1. The number of benzene rings is 2. The molecule has 1 aromatic heterocycles. The second-order valence-electron chi connectivity index (χ2n) is 5.91. The molecule has 128 valence electrons. The van der Waals surface area contributed by atoms with Crippen molar-refractivity contribution in [3.63, 3.8) is 0 Å². The van der Waals surface area contributed by atoms with Crippen LogP contribution in [0.4, 0.5) is 5.69 Å². The molecule has 0 saturated carbocycles. The lowest BCUT2D eigenvalue weighted by Crippen LogP contribution is -2.12. The van der Waals surface area contributed by atoms with E-state index in [1.54, 1.807) is 16.8 Å². The summed E-state index contributed by atoms with van der Waals surface area (Å²) in [7, 11) is 0. The first kappa shape index (κ1) is 16.8. The molecular formula is C19H21N5O. The number of anilines is 1. The van der Waals surface area contributed by atoms with E-state index in [4.69, 9.17) is 0 Å². The lowest BCUT2D eigenvalue weighted by molar-refractivity contribution is 0.102. The molecule has 0 aliphatic rings. The monoisotopic (exact) mass is 335 g/mol. The van der Waals surface area contributed by atoms with Crippen molar-refractivity contribution in [2.75, 3.05) is 5.32 Å². The molecular weight excluding hydrogens is 314 g/mol. The molecule has 0 bridgehead atoms. The molecule has 3 rings (SSSR count). The zero-order chi connectivity index (χ0) is 17.5. The summed E-state index contributed by atoms with van der Waals surface area (Å²) in [5.74, 6) is -0.137. The van der Waals surface area contributed by atoms with Gasteiger partial charge in [-0.15, -0.1) is 5.10 Å². The minimum absolute atomic E-state index is 0.137. The highest BCUT2D eigenvalue weighted by Gasteiger charge is 2.07. The Morgan fingerprint density at radius 2 is 1.80 bits per heavy atom. The Morgan fingerprint density at radius 3 is 2.44 bits per heavy atom. The van der Waals surface area contributed by atoms with E-state index in [9.17, 15) is 4.79 Å². The summed E-state index contributed by atoms with van der Waals surface area (Å²) in [5.41, 5.74) is 3.49. The van der Waals surface area contributed by atoms with Crippen LogP contribution in [0.1, 0.15) is 42.1 Å². The van der Waals surface area contributed by atoms with Gasteiger partial charge in [-0.1, -0.05) is 31.9 Å². The normalized spacial score (nSPS) is 10.6. The van der Waals surface area contributed by atoms with Gasteiger partial charge in [0.1, 0.15) is 6.33 Å². The summed E-state index contributed by atoms with van der Waals surface area (Å²) in [6, 6.07) is 15.2. The molecule has 2 aromatic carbocycles. The molecule has 0 atom stereocenters. The number of carbonyl (C=O) groups excluding carboxylic acids is 1. The molecule has 0 radical (unpaired) electrons. The van der Waals surface area contributed by atoms with Crippen molar-refractivity contribution in [3.05, 3.63) is 66.0 Å². The van der Waals surface area contributed by atoms with E-state index < -0.39 is 0 Å². The lowest BCUT2D eigenvalue weighted by Gasteiger charge is -2.07. The highest BCUT2D eigenvalue weighted by molar-refractivity contribution is 6.04. The van der Waals surface area contributed by atoms with Gasteiger partial charge in [0.25, 0.3) is 5.91 Å². The predicted molar refractivity (Wildman–Crippen MR) is 96.8 cm³/mol. The number of aryl methyl sites for hydroxylation is 1. The first-order chi connectivity index (χ1) is 12.3. The molecule has 1 amide bonds. The van der Waals surface area contributed by atoms with Crippen LogP contribution in [0, 0.1) is 0 Å². The maximum atomic E-state index is 12.3. The highest BCUT2D eigenvalue weighted by Crippen LogP contribution is 2.14. The van der Waals surface area contributed by atoms with Gasteiger partial charge in [0.05, 0.1) is 5.69 Å². The third kappa shape index (κ3) is 4.50. The third-order valence-electron chi connectivity index (χ3n) is 4.02. The maximum Gasteiger partial charge on any atom is 0.255 e. The van der Waals surface area contributed by atoms with Gasteiger partial charge in [-0.2, -0.15) is 0 Å². The Bertz CT molecular complexity index is 795. The zero-order valence-electron chi connectivity index (χ0n) is 14.2. The molecule has 0 fully saturated rings. The van der Waals surface area contributed by atoms with Crippen LogP contribution in [0.2, 0.25) is 0 Å². The largest absolute Gasteiger partial charge is 0.322 e. The Morgan fingerprint density at radius 1 is 1.04 bits per heavy atom. The van der Waals surface area contributed by atoms with Gasteiger partial charge < -0.3 is 5.32 Å². The van der Waals surface area contributed by atoms with Crippen LogP contribution in [0.3, 0.4) is 0 Å². The predicted octanol–water partition coefficient (Wildman–Crippen LogP) is 3.65. The van der Waals surface area contributed by atoms with E-state index in [0.717, 1.165) is 17.8 Å². The van der Waals surface area contributed by atoms with Gasteiger partial charge in [0.15, 0.2) is 0 Å². The van der Waals surface area contributed by atoms with Gasteiger partial charge in [-0.05, 0) is 65.2 Å². The van der Waals surface area contributed by atoms with Crippen LogP contribution in [0.15, 0.2) is 54.9 Å². The Labute approximate surface area is 146 Å². The summed E-state index contributed by atoms with van der Waals surface area (Å²) in [6.07, 6.45) is 6.27. The van der Waals surface area contributed by atoms with Gasteiger partial charge in [0, 0.05) is 11.3 Å². The average molecular weight is 335 g/mol. The Hall–Kier alpha value is -3.02. The van der Waals surface area contributed by atoms with Crippen LogP contribution >= 0.6 is 0 Å². The fourth-order valence-corrected chi connectivity index (χ4v) is 2.58. The Kier molecular flexibility index (Phi) is 5.51. The number of unbranched alkanes of at least 4 members (excludes halogenated alkanes) is 2. The van der Waals surface area contributed by atoms with Gasteiger partial charge in [-0.25, -0.2) is 4.68 Å². The smallest absolute Gasteiger partial charge is 0.255 e. The molecule has 0 saturated heterocycles. The van der Waals surface area contributed by atoms with Crippen molar-refractivity contribution in [2.24, 2.45) is 0 Å². The number of aromatic nitrogens is 4. The Balaban J connectivity index is 1.60. The number of tetrazole rings is 1. The topological polar surface area (TPSA) is 72.7 Å². The molecule has 3 aromatic rings. The van der Waals surface area contributed by atoms with Crippen molar-refractivity contribution in [1.82, 2.24) is 20.2 Å². The van der Waals surface area contributed by atoms with Gasteiger partial charge >= 0.3 is 0 Å². The van der Waals surface area contributed by atoms with Gasteiger partial charge in [0.2, 0.25) is 0 Å². The summed E-state index contributed by atoms with van der Waals surface area (Å²) in [4.78, 5) is 12.3. The zero-order valence-corrected chi connectivity index (χ0v) is 14.2. The number of amides is 1. The fraction of sp³-hybridized carbons (Fsp3) is 0.263. The SMILES string of the molecule is CCCCCc1ccc(NC(=O)c2ccc(-n3cnnn3)cc2)cc1. The summed E-state index contributed by atoms with van der Waals surface area (Å²) < 4.78 is 1.54. The van der Waals surface area contributed by atoms with Crippen LogP contribution in [-0.2, 0) is 6.42 Å². The van der Waals surface area contributed by atoms with E-state index in [2.05, 4.69) is 39.9 Å². The quantitative estimate of drug-likeness (QED) is 0.669. The van der Waals surface area contributed by atoms with E-state index in [0.29, 0.717) is 5.56 Å². The first-order valence-corrected chi connectivity index (χ1v) is 8.50. The van der Waals surface area contributed by atoms with E-state index in [1.165, 1.54) is 31.2 Å². The summed E-state index contributed by atoms with van der Waals surface area (Å²) in [6.45, 7) is 2.20. The van der Waals surface area contributed by atoms with Crippen molar-refractivity contribution < 1.29 is 4.79 Å². The molecule has 6 heteroatoms. The number of rotatable bonds is 7. The maximum absolute atomic E-state index is 12.3. The number of nitrogens with one attached hydrogen (secondary N) is 1. The molecule has 0 aliphatic carbocycles. The fourth-order valence-electron chi connectivity index (χ4n) is 2.58. The summed E-state index contributed by atoms with van der Waals surface area (Å²) >= 11 is 0. The highest BCUT2D eigenvalue weighted by atomic mass is 16.1. The van der Waals surface area contributed by atoms with Crippen molar-refractivity contribution >= 4 is 11.6 Å². The number of hydrogen-bond acceptors (Lipinski definition) is 4. The second kappa shape index (κ2) is 8.19. The minimum Gasteiger partial charge on any atom is -0.322 e. The first-order valence-electron chi connectivity index (χ1n) is 8.50. The molecule has 0 aliphatic heterocycles. The average Bonchev–Trinajstić information content (AvgIpc) is 3.18. The molecule has 1 heterocycles. The van der Waals surface area contributed by atoms with Crippen LogP contribution in [0.5, 0.6) is 0 Å². The summed E-state index contributed by atoms with van der Waals surface area (Å²) in [5, 5.41) is 13.9. The molecule has 25 heavy (non-hydrogen) atoms. The molecule has 1 N–H and O–H groups in total. The van der Waals surface area contributed by atoms with Crippen LogP contribution < -0.4 is 5.32 Å². The molecule has 0 spiro atoms. The standard InChI is InChI=1S/C19H21N5O/c1-2-3-4-5-15-6-10-17(11-7-15)21-19(25)16-8-12-18(13-9-16)24-14-20-22-23-24/h6-14H,2-5H2,1H3,(H,21,25). The van der Waals surface area contributed by atoms with E-state index in [-0.39, 0.29) is 5.91 Å². The second-order valence-corrected chi connectivity index (χ2v) is 5.91. The van der Waals surface area contributed by atoms with Crippen molar-refractivity contribution in [3.8, 4) is 5.69 Å². The van der Waals surface area contributed by atoms with Gasteiger partial charge in [-0.3, -0.25) is 4.79 Å². The van der Waals surface area contributed by atoms with Crippen LogP contribution in [0.25, 0.3) is 5.69 Å². The lowest BCUT2D eigenvalue weighted by atomic mass is 10.1. The third-order valence-corrected chi connectivity index (χ3v) is 4.02. The van der Waals surface area contributed by atoms with E-state index in [1.807, 2.05) is 24.3 Å². The van der Waals surface area contributed by atoms with E-state index >= 15 is 0 Å². The minimum atomic E-state index is -0.137. The number of nitrogens with zero attached hydrogens (tertiary/aromatic N) is 4. The van der Waals surface area contributed by atoms with Crippen LogP contribution in [-0.4, -0.2) is 26.1 Å². The van der Waals surface area contributed by atoms with Crippen molar-refractivity contribution in [2.45, 2.75) is 32.6 Å².